The Morgan fingerprint density at radius 1 is 1.75 bits per heavy atom. The lowest BCUT2D eigenvalue weighted by atomic mass is 10.1. The molecule has 1 aliphatic heterocycles. The van der Waals surface area contributed by atoms with Crippen LogP contribution in [0.15, 0.2) is 12.2 Å². The number of ether oxygens (including phenoxy) is 1. The zero-order valence-electron chi connectivity index (χ0n) is 8.34. The van der Waals surface area contributed by atoms with Crippen molar-refractivity contribution >= 4 is 0 Å². The summed E-state index contributed by atoms with van der Waals surface area (Å²) in [7, 11) is 2.14. The van der Waals surface area contributed by atoms with Crippen molar-refractivity contribution in [3.8, 4) is 0 Å². The van der Waals surface area contributed by atoms with Crippen molar-refractivity contribution in [3.63, 3.8) is 0 Å². The summed E-state index contributed by atoms with van der Waals surface area (Å²) in [5.41, 5.74) is 1.32. The zero-order valence-corrected chi connectivity index (χ0v) is 8.34. The smallest absolute Gasteiger partial charge is 0.0740 e. The highest BCUT2D eigenvalue weighted by atomic mass is 16.5. The highest BCUT2D eigenvalue weighted by Gasteiger charge is 2.29. The minimum atomic E-state index is 0.287. The Hall–Kier alpha value is -0.340. The maximum atomic E-state index is 5.56. The molecule has 2 nitrogen and oxygen atoms in total. The molecule has 1 rings (SSSR count). The first-order valence-corrected chi connectivity index (χ1v) is 4.66. The summed E-state index contributed by atoms with van der Waals surface area (Å²) in [4.78, 5) is 2.32. The maximum absolute atomic E-state index is 5.56. The van der Waals surface area contributed by atoms with Gasteiger partial charge in [-0.15, -0.1) is 0 Å². The molecule has 0 aliphatic carbocycles. The van der Waals surface area contributed by atoms with E-state index in [0.717, 1.165) is 19.6 Å². The van der Waals surface area contributed by atoms with E-state index < -0.39 is 0 Å². The quantitative estimate of drug-likeness (QED) is 0.596. The van der Waals surface area contributed by atoms with Crippen molar-refractivity contribution in [2.75, 3.05) is 20.2 Å². The van der Waals surface area contributed by atoms with E-state index in [9.17, 15) is 0 Å². The summed E-state index contributed by atoms with van der Waals surface area (Å²) >= 11 is 0. The molecule has 70 valence electrons. The van der Waals surface area contributed by atoms with Crippen LogP contribution in [0.4, 0.5) is 0 Å². The van der Waals surface area contributed by atoms with E-state index in [2.05, 4.69) is 25.5 Å². The molecule has 2 heteroatoms. The Balaban J connectivity index is 2.53. The van der Waals surface area contributed by atoms with Gasteiger partial charge in [0.25, 0.3) is 0 Å². The topological polar surface area (TPSA) is 12.5 Å². The Morgan fingerprint density at radius 3 is 2.83 bits per heavy atom. The predicted molar refractivity (Wildman–Crippen MR) is 51.3 cm³/mol. The van der Waals surface area contributed by atoms with E-state index in [1.54, 1.807) is 0 Å². The molecule has 0 bridgehead atoms. The van der Waals surface area contributed by atoms with Crippen LogP contribution >= 0.6 is 0 Å². The van der Waals surface area contributed by atoms with Gasteiger partial charge in [0.2, 0.25) is 0 Å². The van der Waals surface area contributed by atoms with Gasteiger partial charge in [-0.3, -0.25) is 4.90 Å². The van der Waals surface area contributed by atoms with Crippen LogP contribution < -0.4 is 0 Å². The van der Waals surface area contributed by atoms with Gasteiger partial charge < -0.3 is 4.74 Å². The number of nitrogens with zero attached hydrogens (tertiary/aromatic N) is 1. The molecule has 2 unspecified atom stereocenters. The average molecular weight is 169 g/mol. The van der Waals surface area contributed by atoms with Gasteiger partial charge in [-0.2, -0.15) is 0 Å². The van der Waals surface area contributed by atoms with Crippen LogP contribution in [0.1, 0.15) is 20.3 Å². The molecule has 12 heavy (non-hydrogen) atoms. The molecule has 0 N–H and O–H groups in total. The third kappa shape index (κ3) is 1.87. The summed E-state index contributed by atoms with van der Waals surface area (Å²) in [6, 6.07) is 0.435. The van der Waals surface area contributed by atoms with Crippen LogP contribution in [0.25, 0.3) is 0 Å². The zero-order chi connectivity index (χ0) is 9.14. The SMILES string of the molecule is C=C1CCN(C)C1C(C)OCC. The average Bonchev–Trinajstić information content (AvgIpc) is 2.32. The Morgan fingerprint density at radius 2 is 2.42 bits per heavy atom. The molecule has 0 aromatic rings. The van der Waals surface area contributed by atoms with Gasteiger partial charge in [0, 0.05) is 13.2 Å². The lowest BCUT2D eigenvalue weighted by Crippen LogP contribution is -2.37. The number of rotatable bonds is 3. The summed E-state index contributed by atoms with van der Waals surface area (Å²) in [6.45, 7) is 10.1. The first-order valence-electron chi connectivity index (χ1n) is 4.66. The Bertz CT molecular complexity index is 167. The van der Waals surface area contributed by atoms with Crippen LogP contribution in [-0.4, -0.2) is 37.2 Å². The number of hydrogen-bond acceptors (Lipinski definition) is 2. The normalized spacial score (nSPS) is 27.9. The van der Waals surface area contributed by atoms with E-state index in [4.69, 9.17) is 4.74 Å². The minimum absolute atomic E-state index is 0.287. The monoisotopic (exact) mass is 169 g/mol. The van der Waals surface area contributed by atoms with E-state index in [1.807, 2.05) is 6.92 Å². The molecule has 0 aromatic carbocycles. The van der Waals surface area contributed by atoms with Gasteiger partial charge in [0.1, 0.15) is 0 Å². The summed E-state index contributed by atoms with van der Waals surface area (Å²) in [5, 5.41) is 0. The van der Waals surface area contributed by atoms with Crippen molar-refractivity contribution < 1.29 is 4.74 Å². The van der Waals surface area contributed by atoms with Crippen molar-refractivity contribution in [1.82, 2.24) is 4.90 Å². The fourth-order valence-electron chi connectivity index (χ4n) is 1.96. The molecular formula is C10H19NO. The van der Waals surface area contributed by atoms with Crippen LogP contribution in [0.5, 0.6) is 0 Å². The van der Waals surface area contributed by atoms with Gasteiger partial charge in [-0.1, -0.05) is 12.2 Å². The summed E-state index contributed by atoms with van der Waals surface area (Å²) in [5.74, 6) is 0. The predicted octanol–water partition coefficient (Wildman–Crippen LogP) is 1.67. The standard InChI is InChI=1S/C10H19NO/c1-5-12-9(3)10-8(2)6-7-11(10)4/h9-10H,2,5-7H2,1,3-4H3. The highest BCUT2D eigenvalue weighted by Crippen LogP contribution is 2.24. The van der Waals surface area contributed by atoms with Crippen LogP contribution in [0, 0.1) is 0 Å². The van der Waals surface area contributed by atoms with Crippen molar-refractivity contribution in [3.05, 3.63) is 12.2 Å². The van der Waals surface area contributed by atoms with Gasteiger partial charge >= 0.3 is 0 Å². The van der Waals surface area contributed by atoms with Gasteiger partial charge in [0.05, 0.1) is 12.1 Å². The largest absolute Gasteiger partial charge is 0.377 e. The van der Waals surface area contributed by atoms with Crippen molar-refractivity contribution in [1.29, 1.82) is 0 Å². The van der Waals surface area contributed by atoms with Crippen LogP contribution in [-0.2, 0) is 4.74 Å². The van der Waals surface area contributed by atoms with Gasteiger partial charge in [-0.25, -0.2) is 0 Å². The molecule has 1 heterocycles. The molecular weight excluding hydrogens is 150 g/mol. The lowest BCUT2D eigenvalue weighted by molar-refractivity contribution is 0.0334. The van der Waals surface area contributed by atoms with E-state index in [-0.39, 0.29) is 6.10 Å². The van der Waals surface area contributed by atoms with Crippen molar-refractivity contribution in [2.45, 2.75) is 32.4 Å². The number of hydrogen-bond donors (Lipinski definition) is 0. The third-order valence-corrected chi connectivity index (χ3v) is 2.55. The number of likely N-dealkylation sites (tertiary alicyclic amines) is 1. The second kappa shape index (κ2) is 4.06. The fraction of sp³-hybridized carbons (Fsp3) is 0.800. The molecule has 1 saturated heterocycles. The lowest BCUT2D eigenvalue weighted by Gasteiger charge is -2.26. The first-order chi connectivity index (χ1) is 5.66. The second-order valence-corrected chi connectivity index (χ2v) is 3.49. The van der Waals surface area contributed by atoms with Crippen LogP contribution in [0.2, 0.25) is 0 Å². The molecule has 0 saturated carbocycles. The second-order valence-electron chi connectivity index (χ2n) is 3.49. The fourth-order valence-corrected chi connectivity index (χ4v) is 1.96. The third-order valence-electron chi connectivity index (χ3n) is 2.55. The minimum Gasteiger partial charge on any atom is -0.377 e. The summed E-state index contributed by atoms with van der Waals surface area (Å²) < 4.78 is 5.56. The van der Waals surface area contributed by atoms with E-state index in [0.29, 0.717) is 6.04 Å². The highest BCUT2D eigenvalue weighted by molar-refractivity contribution is 5.13. The molecule has 0 spiro atoms. The van der Waals surface area contributed by atoms with E-state index >= 15 is 0 Å². The molecule has 1 fully saturated rings. The Kier molecular flexibility index (Phi) is 3.29. The Labute approximate surface area is 75.2 Å². The van der Waals surface area contributed by atoms with Crippen LogP contribution in [0.3, 0.4) is 0 Å². The molecule has 2 atom stereocenters. The van der Waals surface area contributed by atoms with Crippen molar-refractivity contribution in [2.24, 2.45) is 0 Å². The van der Waals surface area contributed by atoms with E-state index in [1.165, 1.54) is 5.57 Å². The van der Waals surface area contributed by atoms with Gasteiger partial charge in [0.15, 0.2) is 0 Å². The van der Waals surface area contributed by atoms with Gasteiger partial charge in [-0.05, 0) is 27.3 Å². The molecule has 0 aromatic heterocycles. The molecule has 0 amide bonds. The first kappa shape index (κ1) is 9.75. The molecule has 0 radical (unpaired) electrons. The number of likely N-dealkylation sites (N-methyl/N-ethyl adjacent to an activating group) is 1. The maximum Gasteiger partial charge on any atom is 0.0740 e. The summed E-state index contributed by atoms with van der Waals surface area (Å²) in [6.07, 6.45) is 1.41. The molecule has 1 aliphatic rings.